The molecule has 0 saturated carbocycles. The molecule has 1 rings (SSSR count). The van der Waals surface area contributed by atoms with Crippen molar-refractivity contribution in [3.63, 3.8) is 0 Å². The van der Waals surface area contributed by atoms with Crippen LogP contribution in [0.3, 0.4) is 0 Å². The van der Waals surface area contributed by atoms with Crippen molar-refractivity contribution in [2.45, 2.75) is 32.8 Å². The molecule has 3 N–H and O–H groups in total. The predicted molar refractivity (Wildman–Crippen MR) is 78.7 cm³/mol. The van der Waals surface area contributed by atoms with E-state index in [2.05, 4.69) is 10.6 Å². The van der Waals surface area contributed by atoms with Crippen LogP contribution in [0.2, 0.25) is 5.02 Å². The number of amides is 2. The standard InChI is InChI=1S/C14H19ClN2O3/c1-3-4-10(18)8-16-13(19)14(20)17-12-6-5-9(2)7-11(12)15/h5-7,10,18H,3-4,8H2,1-2H3,(H,16,19)(H,17,20). The number of carbonyl (C=O) groups excluding carboxylic acids is 2. The fourth-order valence-corrected chi connectivity index (χ4v) is 1.91. The molecule has 0 aliphatic carbocycles. The zero-order valence-electron chi connectivity index (χ0n) is 11.6. The van der Waals surface area contributed by atoms with Gasteiger partial charge in [0.05, 0.1) is 16.8 Å². The van der Waals surface area contributed by atoms with Crippen LogP contribution in [0.4, 0.5) is 5.69 Å². The molecule has 0 aliphatic heterocycles. The number of rotatable bonds is 5. The molecule has 0 aromatic heterocycles. The molecule has 1 atom stereocenters. The average molecular weight is 299 g/mol. The number of benzene rings is 1. The van der Waals surface area contributed by atoms with Gasteiger partial charge in [0, 0.05) is 6.54 Å². The van der Waals surface area contributed by atoms with Crippen LogP contribution in [-0.4, -0.2) is 29.6 Å². The van der Waals surface area contributed by atoms with Gasteiger partial charge in [0.1, 0.15) is 0 Å². The largest absolute Gasteiger partial charge is 0.391 e. The normalized spacial score (nSPS) is 11.8. The van der Waals surface area contributed by atoms with Crippen LogP contribution >= 0.6 is 11.6 Å². The molecule has 1 unspecified atom stereocenters. The van der Waals surface area contributed by atoms with Crippen molar-refractivity contribution in [3.05, 3.63) is 28.8 Å². The summed E-state index contributed by atoms with van der Waals surface area (Å²) in [6, 6.07) is 5.11. The first-order valence-corrected chi connectivity index (χ1v) is 6.85. The fourth-order valence-electron chi connectivity index (χ4n) is 1.63. The van der Waals surface area contributed by atoms with E-state index in [0.717, 1.165) is 12.0 Å². The minimum Gasteiger partial charge on any atom is -0.391 e. The maximum Gasteiger partial charge on any atom is 0.313 e. The Kier molecular flexibility index (Phi) is 6.48. The molecule has 0 bridgehead atoms. The number of anilines is 1. The monoisotopic (exact) mass is 298 g/mol. The zero-order chi connectivity index (χ0) is 15.1. The van der Waals surface area contributed by atoms with Gasteiger partial charge in [-0.25, -0.2) is 0 Å². The third kappa shape index (κ3) is 5.19. The zero-order valence-corrected chi connectivity index (χ0v) is 12.3. The van der Waals surface area contributed by atoms with Gasteiger partial charge in [0.25, 0.3) is 0 Å². The predicted octanol–water partition coefficient (Wildman–Crippen LogP) is 1.86. The lowest BCUT2D eigenvalue weighted by Crippen LogP contribution is -2.39. The highest BCUT2D eigenvalue weighted by molar-refractivity contribution is 6.41. The van der Waals surface area contributed by atoms with E-state index in [0.29, 0.717) is 17.1 Å². The molecular formula is C14H19ClN2O3. The first kappa shape index (κ1) is 16.5. The smallest absolute Gasteiger partial charge is 0.313 e. The SMILES string of the molecule is CCCC(O)CNC(=O)C(=O)Nc1ccc(C)cc1Cl. The lowest BCUT2D eigenvalue weighted by molar-refractivity contribution is -0.136. The third-order valence-corrected chi connectivity index (χ3v) is 3.01. The highest BCUT2D eigenvalue weighted by atomic mass is 35.5. The average Bonchev–Trinajstić information content (AvgIpc) is 2.39. The van der Waals surface area contributed by atoms with Crippen molar-refractivity contribution in [1.82, 2.24) is 5.32 Å². The summed E-state index contributed by atoms with van der Waals surface area (Å²) >= 11 is 5.96. The van der Waals surface area contributed by atoms with Gasteiger partial charge in [-0.1, -0.05) is 31.0 Å². The molecule has 0 radical (unpaired) electrons. The lowest BCUT2D eigenvalue weighted by atomic mass is 10.2. The summed E-state index contributed by atoms with van der Waals surface area (Å²) in [5.41, 5.74) is 1.34. The van der Waals surface area contributed by atoms with Gasteiger partial charge in [0.2, 0.25) is 0 Å². The van der Waals surface area contributed by atoms with E-state index in [1.165, 1.54) is 0 Å². The van der Waals surface area contributed by atoms with E-state index in [1.54, 1.807) is 18.2 Å². The summed E-state index contributed by atoms with van der Waals surface area (Å²) in [4.78, 5) is 23.2. The number of aliphatic hydroxyl groups is 1. The molecule has 0 aliphatic rings. The van der Waals surface area contributed by atoms with Crippen molar-refractivity contribution in [3.8, 4) is 0 Å². The van der Waals surface area contributed by atoms with Crippen molar-refractivity contribution >= 4 is 29.1 Å². The van der Waals surface area contributed by atoms with Crippen LogP contribution in [0.15, 0.2) is 18.2 Å². The minimum absolute atomic E-state index is 0.0573. The van der Waals surface area contributed by atoms with Gasteiger partial charge >= 0.3 is 11.8 Å². The Balaban J connectivity index is 2.51. The molecule has 1 aromatic carbocycles. The molecule has 0 spiro atoms. The van der Waals surface area contributed by atoms with E-state index < -0.39 is 17.9 Å². The Labute approximate surface area is 123 Å². The van der Waals surface area contributed by atoms with Gasteiger partial charge in [0.15, 0.2) is 0 Å². The van der Waals surface area contributed by atoms with E-state index in [9.17, 15) is 14.7 Å². The fraction of sp³-hybridized carbons (Fsp3) is 0.429. The molecule has 20 heavy (non-hydrogen) atoms. The summed E-state index contributed by atoms with van der Waals surface area (Å²) in [6.07, 6.45) is 0.744. The summed E-state index contributed by atoms with van der Waals surface area (Å²) in [5.74, 6) is -1.60. The van der Waals surface area contributed by atoms with Crippen molar-refractivity contribution in [2.75, 3.05) is 11.9 Å². The van der Waals surface area contributed by atoms with Gasteiger partial charge in [-0.05, 0) is 31.0 Å². The van der Waals surface area contributed by atoms with Crippen LogP contribution in [0.5, 0.6) is 0 Å². The lowest BCUT2D eigenvalue weighted by Gasteiger charge is -2.11. The first-order valence-electron chi connectivity index (χ1n) is 6.47. The molecular weight excluding hydrogens is 280 g/mol. The molecule has 0 heterocycles. The topological polar surface area (TPSA) is 78.4 Å². The molecule has 5 nitrogen and oxygen atoms in total. The number of hydrogen-bond acceptors (Lipinski definition) is 3. The minimum atomic E-state index is -0.806. The number of carbonyl (C=O) groups is 2. The maximum atomic E-state index is 11.7. The molecule has 0 fully saturated rings. The highest BCUT2D eigenvalue weighted by Crippen LogP contribution is 2.22. The van der Waals surface area contributed by atoms with Crippen molar-refractivity contribution in [1.29, 1.82) is 0 Å². The molecule has 2 amide bonds. The summed E-state index contributed by atoms with van der Waals surface area (Å²) in [6.45, 7) is 3.86. The summed E-state index contributed by atoms with van der Waals surface area (Å²) in [5, 5.41) is 14.7. The number of hydrogen-bond donors (Lipinski definition) is 3. The van der Waals surface area contributed by atoms with Crippen LogP contribution in [-0.2, 0) is 9.59 Å². The molecule has 6 heteroatoms. The Hall–Kier alpha value is -1.59. The Bertz CT molecular complexity index is 491. The Morgan fingerprint density at radius 1 is 1.35 bits per heavy atom. The number of aryl methyl sites for hydroxylation is 1. The van der Waals surface area contributed by atoms with Crippen LogP contribution < -0.4 is 10.6 Å². The van der Waals surface area contributed by atoms with Gasteiger partial charge < -0.3 is 15.7 Å². The second kappa shape index (κ2) is 7.87. The van der Waals surface area contributed by atoms with Gasteiger partial charge in [-0.3, -0.25) is 9.59 Å². The summed E-state index contributed by atoms with van der Waals surface area (Å²) < 4.78 is 0. The maximum absolute atomic E-state index is 11.7. The number of halogens is 1. The van der Waals surface area contributed by atoms with Crippen LogP contribution in [0, 0.1) is 6.92 Å². The second-order valence-electron chi connectivity index (χ2n) is 4.59. The Morgan fingerprint density at radius 3 is 2.65 bits per heavy atom. The van der Waals surface area contributed by atoms with E-state index >= 15 is 0 Å². The van der Waals surface area contributed by atoms with Crippen molar-refractivity contribution in [2.24, 2.45) is 0 Å². The number of aliphatic hydroxyl groups excluding tert-OH is 1. The quantitative estimate of drug-likeness (QED) is 0.726. The third-order valence-electron chi connectivity index (χ3n) is 2.70. The van der Waals surface area contributed by atoms with Crippen molar-refractivity contribution < 1.29 is 14.7 Å². The van der Waals surface area contributed by atoms with Crippen LogP contribution in [0.25, 0.3) is 0 Å². The molecule has 110 valence electrons. The van der Waals surface area contributed by atoms with E-state index in [1.807, 2.05) is 13.8 Å². The molecule has 1 aromatic rings. The molecule has 0 saturated heterocycles. The van der Waals surface area contributed by atoms with Gasteiger partial charge in [-0.2, -0.15) is 0 Å². The Morgan fingerprint density at radius 2 is 2.05 bits per heavy atom. The van der Waals surface area contributed by atoms with E-state index in [4.69, 9.17) is 11.6 Å². The van der Waals surface area contributed by atoms with Gasteiger partial charge in [-0.15, -0.1) is 0 Å². The first-order chi connectivity index (χ1) is 9.43. The highest BCUT2D eigenvalue weighted by Gasteiger charge is 2.16. The van der Waals surface area contributed by atoms with Crippen LogP contribution in [0.1, 0.15) is 25.3 Å². The number of nitrogens with one attached hydrogen (secondary N) is 2. The van der Waals surface area contributed by atoms with E-state index in [-0.39, 0.29) is 6.54 Å². The summed E-state index contributed by atoms with van der Waals surface area (Å²) in [7, 11) is 0. The second-order valence-corrected chi connectivity index (χ2v) is 5.00.